The number of halogens is 2. The van der Waals surface area contributed by atoms with E-state index in [1.165, 1.54) is 12.1 Å². The van der Waals surface area contributed by atoms with Gasteiger partial charge in [-0.25, -0.2) is 8.78 Å². The molecule has 0 atom stereocenters. The van der Waals surface area contributed by atoms with Crippen LogP contribution in [0.1, 0.15) is 5.56 Å². The maximum atomic E-state index is 13.2. The van der Waals surface area contributed by atoms with E-state index in [-0.39, 0.29) is 0 Å². The summed E-state index contributed by atoms with van der Waals surface area (Å²) in [5.41, 5.74) is 3.15. The zero-order chi connectivity index (χ0) is 16.9. The molecule has 2 heterocycles. The third kappa shape index (κ3) is 3.65. The molecule has 0 unspecified atom stereocenters. The molecule has 0 saturated heterocycles. The van der Waals surface area contributed by atoms with Crippen molar-refractivity contribution in [1.82, 2.24) is 9.97 Å². The molecule has 0 spiro atoms. The minimum Gasteiger partial charge on any atom is -0.495 e. The molecule has 0 bridgehead atoms. The van der Waals surface area contributed by atoms with E-state index in [0.29, 0.717) is 17.9 Å². The van der Waals surface area contributed by atoms with Gasteiger partial charge in [0.05, 0.1) is 19.0 Å². The highest BCUT2D eigenvalue weighted by Gasteiger charge is 2.05. The van der Waals surface area contributed by atoms with E-state index in [0.717, 1.165) is 22.9 Å². The van der Waals surface area contributed by atoms with Crippen molar-refractivity contribution in [3.8, 4) is 16.9 Å². The van der Waals surface area contributed by atoms with Gasteiger partial charge >= 0.3 is 0 Å². The van der Waals surface area contributed by atoms with Crippen molar-refractivity contribution in [1.29, 1.82) is 0 Å². The highest BCUT2D eigenvalue weighted by Crippen LogP contribution is 2.24. The molecule has 2 aromatic heterocycles. The second kappa shape index (κ2) is 7.04. The van der Waals surface area contributed by atoms with E-state index in [9.17, 15) is 8.78 Å². The first-order chi connectivity index (χ1) is 11.7. The molecule has 0 aliphatic heterocycles. The Morgan fingerprint density at radius 3 is 2.42 bits per heavy atom. The maximum Gasteiger partial charge on any atom is 0.159 e. The second-order valence-corrected chi connectivity index (χ2v) is 5.18. The van der Waals surface area contributed by atoms with Crippen LogP contribution in [0.15, 0.2) is 55.1 Å². The molecule has 0 aliphatic carbocycles. The van der Waals surface area contributed by atoms with E-state index in [4.69, 9.17) is 4.74 Å². The summed E-state index contributed by atoms with van der Waals surface area (Å²) in [7, 11) is 1.58. The van der Waals surface area contributed by atoms with Gasteiger partial charge in [-0.15, -0.1) is 0 Å². The number of ether oxygens (including phenoxy) is 1. The standard InChI is InChI=1S/C18H15F2N3O/c1-24-16-6-14(9-22-11-16)13-5-15(10-21-8-13)23-7-12-2-3-17(19)18(20)4-12/h2-6,8-11,23H,7H2,1H3. The van der Waals surface area contributed by atoms with E-state index >= 15 is 0 Å². The average molecular weight is 327 g/mol. The zero-order valence-electron chi connectivity index (χ0n) is 13.0. The number of pyridine rings is 2. The Morgan fingerprint density at radius 2 is 1.67 bits per heavy atom. The summed E-state index contributed by atoms with van der Waals surface area (Å²) in [5.74, 6) is -1.05. The molecule has 0 fully saturated rings. The van der Waals surface area contributed by atoms with Crippen LogP contribution >= 0.6 is 0 Å². The highest BCUT2D eigenvalue weighted by molar-refractivity contribution is 5.67. The Morgan fingerprint density at radius 1 is 0.917 bits per heavy atom. The van der Waals surface area contributed by atoms with Crippen molar-refractivity contribution in [3.05, 3.63) is 72.3 Å². The number of nitrogens with one attached hydrogen (secondary N) is 1. The molecule has 3 aromatic rings. The fourth-order valence-electron chi connectivity index (χ4n) is 2.24. The molecular weight excluding hydrogens is 312 g/mol. The summed E-state index contributed by atoms with van der Waals surface area (Å²) >= 11 is 0. The number of anilines is 1. The monoisotopic (exact) mass is 327 g/mol. The smallest absolute Gasteiger partial charge is 0.159 e. The lowest BCUT2D eigenvalue weighted by molar-refractivity contribution is 0.413. The fourth-order valence-corrected chi connectivity index (χ4v) is 2.24. The third-order valence-electron chi connectivity index (χ3n) is 3.50. The van der Waals surface area contributed by atoms with Gasteiger partial charge in [-0.3, -0.25) is 9.97 Å². The van der Waals surface area contributed by atoms with Crippen LogP contribution in [-0.4, -0.2) is 17.1 Å². The fraction of sp³-hybridized carbons (Fsp3) is 0.111. The lowest BCUT2D eigenvalue weighted by Gasteiger charge is -2.09. The van der Waals surface area contributed by atoms with Gasteiger partial charge < -0.3 is 10.1 Å². The molecule has 4 nitrogen and oxygen atoms in total. The highest BCUT2D eigenvalue weighted by atomic mass is 19.2. The molecule has 0 aliphatic rings. The van der Waals surface area contributed by atoms with Gasteiger partial charge in [0.25, 0.3) is 0 Å². The Balaban J connectivity index is 1.76. The van der Waals surface area contributed by atoms with Crippen LogP contribution in [0.5, 0.6) is 5.75 Å². The van der Waals surface area contributed by atoms with Gasteiger partial charge in [0.2, 0.25) is 0 Å². The van der Waals surface area contributed by atoms with Crippen LogP contribution in [0.25, 0.3) is 11.1 Å². The number of benzene rings is 1. The summed E-state index contributed by atoms with van der Waals surface area (Å²) in [4.78, 5) is 8.32. The molecule has 0 saturated carbocycles. The number of aromatic nitrogens is 2. The lowest BCUT2D eigenvalue weighted by atomic mass is 10.1. The molecule has 0 radical (unpaired) electrons. The van der Waals surface area contributed by atoms with Crippen LogP contribution in [0.4, 0.5) is 14.5 Å². The van der Waals surface area contributed by atoms with Crippen molar-refractivity contribution >= 4 is 5.69 Å². The van der Waals surface area contributed by atoms with Gasteiger partial charge in [0.15, 0.2) is 11.6 Å². The van der Waals surface area contributed by atoms with Crippen LogP contribution < -0.4 is 10.1 Å². The summed E-state index contributed by atoms with van der Waals surface area (Å²) < 4.78 is 31.3. The summed E-state index contributed by atoms with van der Waals surface area (Å²) in [6, 6.07) is 7.59. The largest absolute Gasteiger partial charge is 0.495 e. The minimum absolute atomic E-state index is 0.360. The first-order valence-electron chi connectivity index (χ1n) is 7.28. The van der Waals surface area contributed by atoms with Crippen LogP contribution in [-0.2, 0) is 6.54 Å². The molecule has 0 amide bonds. The third-order valence-corrected chi connectivity index (χ3v) is 3.50. The van der Waals surface area contributed by atoms with Gasteiger partial charge in [-0.1, -0.05) is 6.07 Å². The first-order valence-corrected chi connectivity index (χ1v) is 7.28. The summed E-state index contributed by atoms with van der Waals surface area (Å²) in [6.45, 7) is 0.360. The van der Waals surface area contributed by atoms with Gasteiger partial charge in [0, 0.05) is 36.3 Å². The number of hydrogen-bond donors (Lipinski definition) is 1. The van der Waals surface area contributed by atoms with Crippen LogP contribution in [0.3, 0.4) is 0 Å². The number of rotatable bonds is 5. The van der Waals surface area contributed by atoms with E-state index in [1.807, 2.05) is 12.1 Å². The van der Waals surface area contributed by atoms with Crippen molar-refractivity contribution in [3.63, 3.8) is 0 Å². The predicted molar refractivity (Wildman–Crippen MR) is 87.7 cm³/mol. The molecule has 1 aromatic carbocycles. The topological polar surface area (TPSA) is 47.0 Å². The normalized spacial score (nSPS) is 10.5. The molecule has 1 N–H and O–H groups in total. The number of nitrogens with zero attached hydrogens (tertiary/aromatic N) is 2. The minimum atomic E-state index is -0.858. The van der Waals surface area contributed by atoms with Crippen molar-refractivity contribution in [2.24, 2.45) is 0 Å². The average Bonchev–Trinajstić information content (AvgIpc) is 2.63. The predicted octanol–water partition coefficient (Wildman–Crippen LogP) is 4.04. The second-order valence-electron chi connectivity index (χ2n) is 5.18. The summed E-state index contributed by atoms with van der Waals surface area (Å²) in [6.07, 6.45) is 6.73. The van der Waals surface area contributed by atoms with Crippen molar-refractivity contribution < 1.29 is 13.5 Å². The van der Waals surface area contributed by atoms with Gasteiger partial charge in [-0.05, 0) is 29.8 Å². The van der Waals surface area contributed by atoms with Crippen molar-refractivity contribution in [2.45, 2.75) is 6.54 Å². The molecule has 122 valence electrons. The Hall–Kier alpha value is -3.02. The lowest BCUT2D eigenvalue weighted by Crippen LogP contribution is -2.01. The zero-order valence-corrected chi connectivity index (χ0v) is 13.0. The van der Waals surface area contributed by atoms with Crippen LogP contribution in [0.2, 0.25) is 0 Å². The Labute approximate surface area is 138 Å². The summed E-state index contributed by atoms with van der Waals surface area (Å²) in [5, 5.41) is 3.14. The van der Waals surface area contributed by atoms with Crippen molar-refractivity contribution in [2.75, 3.05) is 12.4 Å². The van der Waals surface area contributed by atoms with E-state index in [1.54, 1.807) is 31.9 Å². The first kappa shape index (κ1) is 15.9. The molecule has 24 heavy (non-hydrogen) atoms. The van der Waals surface area contributed by atoms with E-state index in [2.05, 4.69) is 15.3 Å². The quantitative estimate of drug-likeness (QED) is 0.768. The number of methoxy groups -OCH3 is 1. The molecule has 3 rings (SSSR count). The Kier molecular flexibility index (Phi) is 4.65. The molecular formula is C18H15F2N3O. The van der Waals surface area contributed by atoms with E-state index < -0.39 is 11.6 Å². The Bertz CT molecular complexity index is 855. The SMILES string of the molecule is COc1cncc(-c2cncc(NCc3ccc(F)c(F)c3)c2)c1. The van der Waals surface area contributed by atoms with Crippen LogP contribution in [0, 0.1) is 11.6 Å². The number of hydrogen-bond acceptors (Lipinski definition) is 4. The molecule has 6 heteroatoms. The van der Waals surface area contributed by atoms with Gasteiger partial charge in [-0.2, -0.15) is 0 Å². The van der Waals surface area contributed by atoms with Gasteiger partial charge in [0.1, 0.15) is 5.75 Å². The maximum absolute atomic E-state index is 13.2.